The van der Waals surface area contributed by atoms with Gasteiger partial charge >= 0.3 is 0 Å². The van der Waals surface area contributed by atoms with Crippen LogP contribution in [0.15, 0.2) is 66.9 Å². The fourth-order valence-electron chi connectivity index (χ4n) is 5.79. The number of nitrogens with zero attached hydrogens (tertiary/aromatic N) is 3. The van der Waals surface area contributed by atoms with E-state index in [1.54, 1.807) is 0 Å². The lowest BCUT2D eigenvalue weighted by Gasteiger charge is -2.40. The van der Waals surface area contributed by atoms with E-state index in [0.29, 0.717) is 25.0 Å². The summed E-state index contributed by atoms with van der Waals surface area (Å²) < 4.78 is 5.70. The van der Waals surface area contributed by atoms with Gasteiger partial charge in [-0.2, -0.15) is 0 Å². The number of hydrogen-bond donors (Lipinski definition) is 0. The Kier molecular flexibility index (Phi) is 6.93. The lowest BCUT2D eigenvalue weighted by Crippen LogP contribution is -2.50. The van der Waals surface area contributed by atoms with Crippen LogP contribution in [-0.2, 0) is 22.4 Å². The van der Waals surface area contributed by atoms with Gasteiger partial charge in [0.1, 0.15) is 0 Å². The quantitative estimate of drug-likeness (QED) is 0.576. The number of para-hydroxylation sites is 1. The lowest BCUT2D eigenvalue weighted by molar-refractivity contribution is -0.148. The molecule has 0 aliphatic carbocycles. The highest BCUT2D eigenvalue weighted by Crippen LogP contribution is 2.37. The van der Waals surface area contributed by atoms with Crippen molar-refractivity contribution < 1.29 is 9.53 Å². The lowest BCUT2D eigenvalue weighted by atomic mass is 9.74. The number of hydrogen-bond acceptors (Lipinski definition) is 4. The van der Waals surface area contributed by atoms with E-state index < -0.39 is 0 Å². The van der Waals surface area contributed by atoms with Crippen LogP contribution in [0.25, 0.3) is 10.9 Å². The Hall–Kier alpha value is -2.76. The van der Waals surface area contributed by atoms with Crippen LogP contribution < -0.4 is 0 Å². The minimum atomic E-state index is -0.367. The number of pyridine rings is 1. The molecule has 2 aliphatic heterocycles. The molecule has 0 spiro atoms. The van der Waals surface area contributed by atoms with Crippen molar-refractivity contribution in [2.75, 3.05) is 46.4 Å². The molecule has 34 heavy (non-hydrogen) atoms. The van der Waals surface area contributed by atoms with Gasteiger partial charge in [0, 0.05) is 51.0 Å². The zero-order chi connectivity index (χ0) is 23.4. The molecule has 1 amide bonds. The number of rotatable bonds is 5. The van der Waals surface area contributed by atoms with Crippen molar-refractivity contribution in [3.8, 4) is 0 Å². The van der Waals surface area contributed by atoms with Crippen LogP contribution >= 0.6 is 0 Å². The molecule has 178 valence electrons. The van der Waals surface area contributed by atoms with Gasteiger partial charge < -0.3 is 14.5 Å². The van der Waals surface area contributed by atoms with Gasteiger partial charge in [0.05, 0.1) is 10.9 Å². The number of carbonyl (C=O) groups excluding carboxylic acids is 1. The Bertz CT molecular complexity index is 1110. The Morgan fingerprint density at radius 1 is 1.00 bits per heavy atom. The minimum absolute atomic E-state index is 0.316. The first-order chi connectivity index (χ1) is 16.6. The summed E-state index contributed by atoms with van der Waals surface area (Å²) in [6, 6.07) is 21.0. The Balaban J connectivity index is 1.39. The number of amides is 1. The third kappa shape index (κ3) is 5.01. The third-order valence-electron chi connectivity index (χ3n) is 7.60. The van der Waals surface area contributed by atoms with Gasteiger partial charge in [-0.1, -0.05) is 54.6 Å². The second-order valence-electron chi connectivity index (χ2n) is 10.1. The molecule has 3 heterocycles. The number of ether oxygens (including phenoxy) is 1. The molecule has 3 aromatic rings. The number of fused-ring (bicyclic) bond motifs is 1. The summed E-state index contributed by atoms with van der Waals surface area (Å²) in [4.78, 5) is 23.4. The van der Waals surface area contributed by atoms with E-state index in [2.05, 4.69) is 70.4 Å². The molecule has 1 aromatic heterocycles. The molecule has 1 atom stereocenters. The average molecular weight is 458 g/mol. The summed E-state index contributed by atoms with van der Waals surface area (Å²) in [6.07, 6.45) is 5.19. The molecule has 0 radical (unpaired) electrons. The third-order valence-corrected chi connectivity index (χ3v) is 7.60. The van der Waals surface area contributed by atoms with Crippen LogP contribution in [0, 0.1) is 11.3 Å². The highest BCUT2D eigenvalue weighted by Gasteiger charge is 2.43. The van der Waals surface area contributed by atoms with E-state index in [4.69, 9.17) is 4.74 Å². The van der Waals surface area contributed by atoms with E-state index >= 15 is 0 Å². The number of aromatic nitrogens is 1. The molecule has 2 fully saturated rings. The van der Waals surface area contributed by atoms with Crippen molar-refractivity contribution in [3.63, 3.8) is 0 Å². The van der Waals surface area contributed by atoms with Crippen LogP contribution in [0.1, 0.15) is 24.0 Å². The molecule has 5 nitrogen and oxygen atoms in total. The minimum Gasteiger partial charge on any atom is -0.381 e. The van der Waals surface area contributed by atoms with Gasteiger partial charge in [-0.15, -0.1) is 0 Å². The summed E-state index contributed by atoms with van der Waals surface area (Å²) >= 11 is 0. The maximum atomic E-state index is 14.2. The Labute approximate surface area is 202 Å². The van der Waals surface area contributed by atoms with Crippen molar-refractivity contribution in [2.24, 2.45) is 11.3 Å². The number of likely N-dealkylation sites (N-methyl/N-ethyl adjacent to an activating group) is 1. The Morgan fingerprint density at radius 2 is 1.79 bits per heavy atom. The van der Waals surface area contributed by atoms with Crippen LogP contribution in [0.3, 0.4) is 0 Å². The zero-order valence-corrected chi connectivity index (χ0v) is 20.2. The smallest absolute Gasteiger partial charge is 0.229 e. The monoisotopic (exact) mass is 457 g/mol. The van der Waals surface area contributed by atoms with Crippen molar-refractivity contribution >= 4 is 16.8 Å². The van der Waals surface area contributed by atoms with Crippen LogP contribution in [-0.4, -0.2) is 67.1 Å². The summed E-state index contributed by atoms with van der Waals surface area (Å²) in [6.45, 7) is 4.81. The van der Waals surface area contributed by atoms with Gasteiger partial charge in [-0.3, -0.25) is 9.78 Å². The molecule has 0 saturated carbocycles. The first-order valence-corrected chi connectivity index (χ1v) is 12.6. The molecule has 0 N–H and O–H groups in total. The fourth-order valence-corrected chi connectivity index (χ4v) is 5.79. The number of benzene rings is 2. The second kappa shape index (κ2) is 10.2. The van der Waals surface area contributed by atoms with E-state index in [0.717, 1.165) is 57.4 Å². The summed E-state index contributed by atoms with van der Waals surface area (Å²) in [5, 5.41) is 1.18. The molecule has 0 unspecified atom stereocenters. The molecule has 2 aromatic carbocycles. The molecule has 2 saturated heterocycles. The van der Waals surface area contributed by atoms with Crippen LogP contribution in [0.4, 0.5) is 0 Å². The largest absolute Gasteiger partial charge is 0.381 e. The van der Waals surface area contributed by atoms with Crippen molar-refractivity contribution in [3.05, 3.63) is 78.0 Å². The Morgan fingerprint density at radius 3 is 2.62 bits per heavy atom. The molecule has 5 rings (SSSR count). The maximum Gasteiger partial charge on any atom is 0.229 e. The average Bonchev–Trinajstić information content (AvgIpc) is 3.06. The summed E-state index contributed by atoms with van der Waals surface area (Å²) in [5.74, 6) is 0.689. The van der Waals surface area contributed by atoms with E-state index in [1.165, 1.54) is 16.5 Å². The molecular weight excluding hydrogens is 422 g/mol. The second-order valence-corrected chi connectivity index (χ2v) is 10.1. The fraction of sp³-hybridized carbons (Fsp3) is 0.448. The van der Waals surface area contributed by atoms with Crippen molar-refractivity contribution in [1.29, 1.82) is 0 Å². The maximum absolute atomic E-state index is 14.2. The first kappa shape index (κ1) is 23.0. The van der Waals surface area contributed by atoms with Crippen molar-refractivity contribution in [2.45, 2.75) is 25.7 Å². The first-order valence-electron chi connectivity index (χ1n) is 12.6. The van der Waals surface area contributed by atoms with Gasteiger partial charge in [-0.25, -0.2) is 0 Å². The van der Waals surface area contributed by atoms with E-state index in [9.17, 15) is 4.79 Å². The predicted octanol–water partition coefficient (Wildman–Crippen LogP) is 4.21. The summed E-state index contributed by atoms with van der Waals surface area (Å²) in [7, 11) is 2.18. The van der Waals surface area contributed by atoms with Gasteiger partial charge in [0.25, 0.3) is 0 Å². The zero-order valence-electron chi connectivity index (χ0n) is 20.2. The predicted molar refractivity (Wildman–Crippen MR) is 136 cm³/mol. The highest BCUT2D eigenvalue weighted by atomic mass is 16.5. The number of carbonyl (C=O) groups is 1. The molecule has 2 aliphatic rings. The van der Waals surface area contributed by atoms with Gasteiger partial charge in [0.15, 0.2) is 0 Å². The highest BCUT2D eigenvalue weighted by molar-refractivity contribution is 5.83. The van der Waals surface area contributed by atoms with Crippen LogP contribution in [0.5, 0.6) is 0 Å². The van der Waals surface area contributed by atoms with Gasteiger partial charge in [0.2, 0.25) is 5.91 Å². The standard InChI is InChI=1S/C29H35N3O2/c1-31-15-16-32(22-24(21-31)19-26-10-5-9-25-11-6-14-30-27(25)26)28(33)29(12-17-34-18-13-29)20-23-7-3-2-4-8-23/h2-11,14,24H,12-13,15-22H2,1H3/t24-/m1/s1. The van der Waals surface area contributed by atoms with E-state index in [1.807, 2.05) is 18.3 Å². The summed E-state index contributed by atoms with van der Waals surface area (Å²) in [5.41, 5.74) is 3.23. The topological polar surface area (TPSA) is 45.7 Å². The van der Waals surface area contributed by atoms with Gasteiger partial charge in [-0.05, 0) is 55.8 Å². The molecule has 0 bridgehead atoms. The molecular formula is C29H35N3O2. The van der Waals surface area contributed by atoms with Crippen LogP contribution in [0.2, 0.25) is 0 Å². The SMILES string of the molecule is CN1CCN(C(=O)C2(Cc3ccccc3)CCOCC2)C[C@H](Cc2cccc3cccnc23)C1. The molecule has 5 heteroatoms. The van der Waals surface area contributed by atoms with Crippen molar-refractivity contribution in [1.82, 2.24) is 14.8 Å². The van der Waals surface area contributed by atoms with E-state index in [-0.39, 0.29) is 5.41 Å². The normalized spacial score (nSPS) is 21.3.